The molecule has 4 rings (SSSR count). The van der Waals surface area contributed by atoms with E-state index in [4.69, 9.17) is 17.3 Å². The van der Waals surface area contributed by atoms with E-state index in [1.54, 1.807) is 0 Å². The van der Waals surface area contributed by atoms with Crippen LogP contribution in [-0.4, -0.2) is 34.5 Å². The summed E-state index contributed by atoms with van der Waals surface area (Å²) in [5.74, 6) is 0.963. The molecule has 2 heterocycles. The normalized spacial score (nSPS) is 15.3. The van der Waals surface area contributed by atoms with Crippen molar-refractivity contribution >= 4 is 17.9 Å². The van der Waals surface area contributed by atoms with Gasteiger partial charge >= 0.3 is 0 Å². The van der Waals surface area contributed by atoms with E-state index in [-0.39, 0.29) is 0 Å². The SMILES string of the molecule is Cc1nn(C[NH+](C)Cc2ccccc2N2CCCCC2)c(=S)n1Cc1ccccc1. The lowest BCUT2D eigenvalue weighted by molar-refractivity contribution is -0.917. The number of piperidine rings is 1. The minimum atomic E-state index is 0.760. The molecule has 1 aromatic heterocycles. The number of rotatable bonds is 7. The second kappa shape index (κ2) is 9.58. The summed E-state index contributed by atoms with van der Waals surface area (Å²) in [6, 6.07) is 19.3. The average molecular weight is 423 g/mol. The van der Waals surface area contributed by atoms with E-state index >= 15 is 0 Å². The maximum Gasteiger partial charge on any atom is 0.203 e. The maximum atomic E-state index is 5.77. The number of quaternary nitrogens is 1. The Hall–Kier alpha value is -2.44. The summed E-state index contributed by atoms with van der Waals surface area (Å²) < 4.78 is 4.89. The van der Waals surface area contributed by atoms with Crippen LogP contribution in [0, 0.1) is 11.7 Å². The molecule has 2 aromatic carbocycles. The van der Waals surface area contributed by atoms with Gasteiger partial charge in [-0.1, -0.05) is 48.5 Å². The molecule has 30 heavy (non-hydrogen) atoms. The predicted octanol–water partition coefficient (Wildman–Crippen LogP) is 3.43. The molecule has 0 radical (unpaired) electrons. The number of aromatic nitrogens is 3. The van der Waals surface area contributed by atoms with Crippen LogP contribution < -0.4 is 9.80 Å². The molecule has 1 aliphatic heterocycles. The van der Waals surface area contributed by atoms with Gasteiger partial charge in [-0.3, -0.25) is 4.57 Å². The largest absolute Gasteiger partial charge is 0.371 e. The fourth-order valence-electron chi connectivity index (χ4n) is 4.34. The number of para-hydroxylation sites is 1. The monoisotopic (exact) mass is 422 g/mol. The van der Waals surface area contributed by atoms with Gasteiger partial charge in [0.1, 0.15) is 12.4 Å². The molecule has 0 spiro atoms. The van der Waals surface area contributed by atoms with Crippen LogP contribution >= 0.6 is 12.2 Å². The highest BCUT2D eigenvalue weighted by Crippen LogP contribution is 2.23. The van der Waals surface area contributed by atoms with Gasteiger partial charge in [-0.15, -0.1) is 0 Å². The zero-order valence-corrected chi connectivity index (χ0v) is 18.9. The summed E-state index contributed by atoms with van der Waals surface area (Å²) in [4.78, 5) is 3.93. The van der Waals surface area contributed by atoms with Crippen molar-refractivity contribution in [3.8, 4) is 0 Å². The van der Waals surface area contributed by atoms with Crippen LogP contribution in [0.15, 0.2) is 54.6 Å². The van der Waals surface area contributed by atoms with E-state index in [1.807, 2.05) is 17.7 Å². The standard InChI is InChI=1S/C24H31N5S/c1-20-25-29(24(30)28(20)17-21-11-5-3-6-12-21)19-26(2)18-22-13-7-8-14-23(22)27-15-9-4-10-16-27/h3,5-8,11-14H,4,9-10,15-19H2,1-2H3/p+1. The molecular weight excluding hydrogens is 390 g/mol. The van der Waals surface area contributed by atoms with Crippen LogP contribution in [0.5, 0.6) is 0 Å². The summed E-state index contributed by atoms with van der Waals surface area (Å²) in [6.07, 6.45) is 3.95. The number of nitrogens with zero attached hydrogens (tertiary/aromatic N) is 4. The molecule has 5 nitrogen and oxygen atoms in total. The molecule has 1 fully saturated rings. The number of anilines is 1. The lowest BCUT2D eigenvalue weighted by atomic mass is 10.1. The molecule has 6 heteroatoms. The second-order valence-electron chi connectivity index (χ2n) is 8.37. The van der Waals surface area contributed by atoms with Crippen molar-refractivity contribution in [1.82, 2.24) is 14.3 Å². The fourth-order valence-corrected chi connectivity index (χ4v) is 4.64. The predicted molar refractivity (Wildman–Crippen MR) is 124 cm³/mol. The van der Waals surface area contributed by atoms with Crippen molar-refractivity contribution in [3.63, 3.8) is 0 Å². The first-order chi connectivity index (χ1) is 14.6. The van der Waals surface area contributed by atoms with Crippen molar-refractivity contribution in [2.45, 2.75) is 45.9 Å². The summed E-state index contributed by atoms with van der Waals surface area (Å²) in [6.45, 7) is 6.86. The molecule has 0 aliphatic carbocycles. The first kappa shape index (κ1) is 20.8. The molecule has 1 N–H and O–H groups in total. The van der Waals surface area contributed by atoms with E-state index in [0.717, 1.165) is 30.4 Å². The fraction of sp³-hybridized carbons (Fsp3) is 0.417. The van der Waals surface area contributed by atoms with Crippen molar-refractivity contribution in [3.05, 3.63) is 76.3 Å². The van der Waals surface area contributed by atoms with Gasteiger partial charge in [0, 0.05) is 24.3 Å². The van der Waals surface area contributed by atoms with E-state index in [0.29, 0.717) is 0 Å². The molecule has 0 saturated carbocycles. The van der Waals surface area contributed by atoms with Crippen molar-refractivity contribution < 1.29 is 4.90 Å². The maximum absolute atomic E-state index is 5.77. The summed E-state index contributed by atoms with van der Waals surface area (Å²) >= 11 is 5.77. The molecule has 1 aliphatic rings. The van der Waals surface area contributed by atoms with Gasteiger partial charge in [-0.25, -0.2) is 0 Å². The Morgan fingerprint density at radius 1 is 0.967 bits per heavy atom. The van der Waals surface area contributed by atoms with E-state index in [1.165, 1.54) is 54.1 Å². The van der Waals surface area contributed by atoms with Crippen LogP contribution in [0.4, 0.5) is 5.69 Å². The minimum Gasteiger partial charge on any atom is -0.371 e. The molecule has 1 saturated heterocycles. The van der Waals surface area contributed by atoms with Gasteiger partial charge in [-0.05, 0) is 50.0 Å². The van der Waals surface area contributed by atoms with E-state index in [2.05, 4.69) is 65.0 Å². The van der Waals surface area contributed by atoms with Crippen molar-refractivity contribution in [1.29, 1.82) is 0 Å². The highest BCUT2D eigenvalue weighted by Gasteiger charge is 2.17. The Morgan fingerprint density at radius 3 is 2.43 bits per heavy atom. The Morgan fingerprint density at radius 2 is 1.67 bits per heavy atom. The van der Waals surface area contributed by atoms with Gasteiger partial charge < -0.3 is 9.80 Å². The van der Waals surface area contributed by atoms with E-state index in [9.17, 15) is 0 Å². The van der Waals surface area contributed by atoms with Gasteiger partial charge in [-0.2, -0.15) is 9.78 Å². The molecule has 0 amide bonds. The van der Waals surface area contributed by atoms with Crippen LogP contribution in [0.1, 0.15) is 36.2 Å². The third-order valence-electron chi connectivity index (χ3n) is 5.89. The Kier molecular flexibility index (Phi) is 6.65. The zero-order chi connectivity index (χ0) is 20.9. The highest BCUT2D eigenvalue weighted by atomic mass is 32.1. The van der Waals surface area contributed by atoms with E-state index < -0.39 is 0 Å². The number of benzene rings is 2. The van der Waals surface area contributed by atoms with Gasteiger partial charge in [0.25, 0.3) is 0 Å². The highest BCUT2D eigenvalue weighted by molar-refractivity contribution is 7.71. The summed E-state index contributed by atoms with van der Waals surface area (Å²) in [7, 11) is 2.22. The topological polar surface area (TPSA) is 30.4 Å². The zero-order valence-electron chi connectivity index (χ0n) is 18.1. The van der Waals surface area contributed by atoms with Crippen LogP contribution in [-0.2, 0) is 19.8 Å². The first-order valence-electron chi connectivity index (χ1n) is 10.9. The Bertz CT molecular complexity index is 1020. The molecular formula is C24H32N5S+. The quantitative estimate of drug-likeness (QED) is 0.592. The van der Waals surface area contributed by atoms with Crippen LogP contribution in [0.2, 0.25) is 0 Å². The number of nitrogens with one attached hydrogen (secondary N) is 1. The van der Waals surface area contributed by atoms with Crippen LogP contribution in [0.25, 0.3) is 0 Å². The molecule has 3 aromatic rings. The Balaban J connectivity index is 1.47. The second-order valence-corrected chi connectivity index (χ2v) is 8.73. The van der Waals surface area contributed by atoms with Crippen molar-refractivity contribution in [2.75, 3.05) is 25.0 Å². The number of aryl methyl sites for hydroxylation is 1. The third-order valence-corrected chi connectivity index (χ3v) is 6.32. The van der Waals surface area contributed by atoms with Crippen LogP contribution in [0.3, 0.4) is 0 Å². The first-order valence-corrected chi connectivity index (χ1v) is 11.3. The lowest BCUT2D eigenvalue weighted by Crippen LogP contribution is -3.07. The van der Waals surface area contributed by atoms with Gasteiger partial charge in [0.15, 0.2) is 6.67 Å². The molecule has 158 valence electrons. The average Bonchev–Trinajstić information content (AvgIpc) is 3.03. The molecule has 1 unspecified atom stereocenters. The number of hydrogen-bond acceptors (Lipinski definition) is 3. The third kappa shape index (κ3) is 4.82. The smallest absolute Gasteiger partial charge is 0.203 e. The number of hydrogen-bond donors (Lipinski definition) is 1. The Labute approximate surface area is 184 Å². The molecule has 0 bridgehead atoms. The summed E-state index contributed by atoms with van der Waals surface area (Å²) in [5.41, 5.74) is 4.04. The molecule has 1 atom stereocenters. The van der Waals surface area contributed by atoms with Gasteiger partial charge in [0.2, 0.25) is 4.77 Å². The van der Waals surface area contributed by atoms with Crippen molar-refractivity contribution in [2.24, 2.45) is 0 Å². The summed E-state index contributed by atoms with van der Waals surface area (Å²) in [5, 5.41) is 4.74. The minimum absolute atomic E-state index is 0.760. The lowest BCUT2D eigenvalue weighted by Gasteiger charge is -2.31. The van der Waals surface area contributed by atoms with Gasteiger partial charge in [0.05, 0.1) is 13.6 Å².